The Morgan fingerprint density at radius 3 is 2.00 bits per heavy atom. The number of hydrogen-bond donors (Lipinski definition) is 0. The fraction of sp³-hybridized carbons (Fsp3) is 0.600. The molecule has 15 heavy (non-hydrogen) atoms. The van der Waals surface area contributed by atoms with Crippen LogP contribution < -0.4 is 0 Å². The first-order chi connectivity index (χ1) is 6.79. The summed E-state index contributed by atoms with van der Waals surface area (Å²) in [6.45, 7) is 19.1. The van der Waals surface area contributed by atoms with Gasteiger partial charge in [0.05, 0.1) is 0 Å². The second-order valence-corrected chi connectivity index (χ2v) is 5.64. The van der Waals surface area contributed by atoms with Crippen LogP contribution in [0.5, 0.6) is 0 Å². The zero-order chi connectivity index (χ0) is 12.1. The van der Waals surface area contributed by atoms with Crippen molar-refractivity contribution >= 4 is 0 Å². The Morgan fingerprint density at radius 2 is 1.67 bits per heavy atom. The van der Waals surface area contributed by atoms with Crippen LogP contribution in [0.4, 0.5) is 0 Å². The van der Waals surface area contributed by atoms with Gasteiger partial charge >= 0.3 is 0 Å². The molecule has 0 aliphatic heterocycles. The Bertz CT molecular complexity index is 251. The van der Waals surface area contributed by atoms with Gasteiger partial charge in [0.15, 0.2) is 0 Å². The number of rotatable bonds is 6. The molecule has 0 N–H and O–H groups in total. The molecule has 0 aromatic carbocycles. The van der Waals surface area contributed by atoms with Gasteiger partial charge in [0.2, 0.25) is 0 Å². The van der Waals surface area contributed by atoms with Gasteiger partial charge in [-0.05, 0) is 22.8 Å². The third-order valence-electron chi connectivity index (χ3n) is 3.18. The van der Waals surface area contributed by atoms with Crippen LogP contribution in [0.3, 0.4) is 0 Å². The van der Waals surface area contributed by atoms with Gasteiger partial charge in [0.25, 0.3) is 0 Å². The molecular formula is C15H26. The molecule has 0 aliphatic carbocycles. The molecule has 0 unspecified atom stereocenters. The summed E-state index contributed by atoms with van der Waals surface area (Å²) < 4.78 is 0. The summed E-state index contributed by atoms with van der Waals surface area (Å²) in [5.41, 5.74) is 1.83. The first-order valence-electron chi connectivity index (χ1n) is 5.74. The second kappa shape index (κ2) is 5.34. The van der Waals surface area contributed by atoms with E-state index in [9.17, 15) is 0 Å². The first-order valence-corrected chi connectivity index (χ1v) is 5.74. The summed E-state index contributed by atoms with van der Waals surface area (Å²) >= 11 is 0. The minimum Gasteiger partial charge on any atom is -0.0991 e. The van der Waals surface area contributed by atoms with Crippen molar-refractivity contribution in [3.8, 4) is 0 Å². The lowest BCUT2D eigenvalue weighted by Gasteiger charge is -2.35. The standard InChI is InChI=1S/C15H26/c1-8-11-13(9-2)15(6,7)12-14(4,5)10-3/h8-9,11H,1-2,10,12H2,3-7H3/b13-11+. The maximum Gasteiger partial charge on any atom is -0.00987 e. The normalized spacial score (nSPS) is 13.8. The van der Waals surface area contributed by atoms with Gasteiger partial charge in [-0.15, -0.1) is 0 Å². The van der Waals surface area contributed by atoms with Gasteiger partial charge in [0, 0.05) is 0 Å². The lowest BCUT2D eigenvalue weighted by molar-refractivity contribution is 0.223. The van der Waals surface area contributed by atoms with Gasteiger partial charge in [-0.2, -0.15) is 0 Å². The zero-order valence-corrected chi connectivity index (χ0v) is 11.1. The molecule has 0 radical (unpaired) electrons. The third-order valence-corrected chi connectivity index (χ3v) is 3.18. The maximum atomic E-state index is 3.89. The van der Waals surface area contributed by atoms with E-state index in [0.717, 1.165) is 0 Å². The molecule has 0 atom stereocenters. The van der Waals surface area contributed by atoms with Crippen molar-refractivity contribution < 1.29 is 0 Å². The van der Waals surface area contributed by atoms with Gasteiger partial charge < -0.3 is 0 Å². The predicted octanol–water partition coefficient (Wildman–Crippen LogP) is 5.14. The molecule has 0 amide bonds. The quantitative estimate of drug-likeness (QED) is 0.528. The summed E-state index contributed by atoms with van der Waals surface area (Å²) in [7, 11) is 0. The van der Waals surface area contributed by atoms with Crippen LogP contribution in [-0.2, 0) is 0 Å². The smallest absolute Gasteiger partial charge is 0.00987 e. The highest BCUT2D eigenvalue weighted by atomic mass is 14.3. The van der Waals surface area contributed by atoms with Crippen molar-refractivity contribution in [2.75, 3.05) is 0 Å². The van der Waals surface area contributed by atoms with E-state index in [1.54, 1.807) is 0 Å². The summed E-state index contributed by atoms with van der Waals surface area (Å²) in [5.74, 6) is 0. The highest BCUT2D eigenvalue weighted by molar-refractivity contribution is 5.27. The highest BCUT2D eigenvalue weighted by Crippen LogP contribution is 2.41. The molecule has 0 nitrogen and oxygen atoms in total. The van der Waals surface area contributed by atoms with Crippen LogP contribution in [0, 0.1) is 10.8 Å². The SMILES string of the molecule is C=C/C=C(\C=C)C(C)(C)CC(C)(C)CC. The fourth-order valence-corrected chi connectivity index (χ4v) is 2.12. The maximum absolute atomic E-state index is 3.89. The molecule has 0 spiro atoms. The summed E-state index contributed by atoms with van der Waals surface area (Å²) in [6.07, 6.45) is 8.24. The van der Waals surface area contributed by atoms with Crippen molar-refractivity contribution in [3.05, 3.63) is 37.0 Å². The monoisotopic (exact) mass is 206 g/mol. The topological polar surface area (TPSA) is 0 Å². The number of allylic oxidation sites excluding steroid dienone is 4. The third kappa shape index (κ3) is 4.51. The largest absolute Gasteiger partial charge is 0.0991 e. The van der Waals surface area contributed by atoms with E-state index in [1.807, 2.05) is 12.2 Å². The first kappa shape index (κ1) is 14.2. The average molecular weight is 206 g/mol. The molecule has 0 saturated carbocycles. The van der Waals surface area contributed by atoms with E-state index >= 15 is 0 Å². The molecule has 0 rings (SSSR count). The molecule has 0 heterocycles. The van der Waals surface area contributed by atoms with Crippen molar-refractivity contribution in [2.45, 2.75) is 47.5 Å². The Morgan fingerprint density at radius 1 is 1.13 bits per heavy atom. The highest BCUT2D eigenvalue weighted by Gasteiger charge is 2.29. The second-order valence-electron chi connectivity index (χ2n) is 5.64. The molecule has 0 aromatic heterocycles. The average Bonchev–Trinajstić information content (AvgIpc) is 2.12. The molecule has 0 fully saturated rings. The molecule has 0 aromatic rings. The van der Waals surface area contributed by atoms with Crippen LogP contribution in [-0.4, -0.2) is 0 Å². The van der Waals surface area contributed by atoms with E-state index in [2.05, 4.69) is 53.9 Å². The Balaban J connectivity index is 4.88. The summed E-state index contributed by atoms with van der Waals surface area (Å²) in [6, 6.07) is 0. The molecule has 0 saturated heterocycles. The number of hydrogen-bond acceptors (Lipinski definition) is 0. The predicted molar refractivity (Wildman–Crippen MR) is 70.9 cm³/mol. The minimum atomic E-state index is 0.176. The summed E-state index contributed by atoms with van der Waals surface area (Å²) in [5, 5.41) is 0. The molecule has 0 aliphatic rings. The Hall–Kier alpha value is -0.780. The van der Waals surface area contributed by atoms with Gasteiger partial charge in [0.1, 0.15) is 0 Å². The van der Waals surface area contributed by atoms with E-state index in [1.165, 1.54) is 18.4 Å². The van der Waals surface area contributed by atoms with Gasteiger partial charge in [-0.3, -0.25) is 0 Å². The summed E-state index contributed by atoms with van der Waals surface area (Å²) in [4.78, 5) is 0. The zero-order valence-electron chi connectivity index (χ0n) is 11.1. The Labute approximate surface area is 95.8 Å². The molecule has 0 bridgehead atoms. The van der Waals surface area contributed by atoms with Gasteiger partial charge in [-0.25, -0.2) is 0 Å². The van der Waals surface area contributed by atoms with E-state index in [0.29, 0.717) is 5.41 Å². The van der Waals surface area contributed by atoms with Crippen molar-refractivity contribution in [3.63, 3.8) is 0 Å². The molecular weight excluding hydrogens is 180 g/mol. The van der Waals surface area contributed by atoms with E-state index < -0.39 is 0 Å². The van der Waals surface area contributed by atoms with Crippen molar-refractivity contribution in [2.24, 2.45) is 10.8 Å². The lowest BCUT2D eigenvalue weighted by atomic mass is 9.70. The van der Waals surface area contributed by atoms with E-state index in [-0.39, 0.29) is 5.41 Å². The van der Waals surface area contributed by atoms with Crippen LogP contribution in [0.15, 0.2) is 37.0 Å². The Kier molecular flexibility index (Phi) is 5.07. The van der Waals surface area contributed by atoms with E-state index in [4.69, 9.17) is 0 Å². The fourth-order valence-electron chi connectivity index (χ4n) is 2.12. The van der Waals surface area contributed by atoms with Crippen molar-refractivity contribution in [1.82, 2.24) is 0 Å². The van der Waals surface area contributed by atoms with Crippen LogP contribution in [0.2, 0.25) is 0 Å². The molecule has 0 heteroatoms. The van der Waals surface area contributed by atoms with Crippen LogP contribution in [0.1, 0.15) is 47.5 Å². The van der Waals surface area contributed by atoms with Crippen LogP contribution in [0.25, 0.3) is 0 Å². The van der Waals surface area contributed by atoms with Crippen molar-refractivity contribution in [1.29, 1.82) is 0 Å². The minimum absolute atomic E-state index is 0.176. The molecule has 86 valence electrons. The van der Waals surface area contributed by atoms with Gasteiger partial charge in [-0.1, -0.05) is 72.4 Å². The van der Waals surface area contributed by atoms with Crippen LogP contribution >= 0.6 is 0 Å². The lowest BCUT2D eigenvalue weighted by Crippen LogP contribution is -2.23.